The largest absolute Gasteiger partial charge is 0.384 e. The highest BCUT2D eigenvalue weighted by molar-refractivity contribution is 5.67. The van der Waals surface area contributed by atoms with Crippen molar-refractivity contribution >= 4 is 5.82 Å². The average molecular weight is 186 g/mol. The number of anilines is 1. The Hall–Kier alpha value is -2.15. The van der Waals surface area contributed by atoms with Crippen molar-refractivity contribution in [2.45, 2.75) is 0 Å². The predicted octanol–water partition coefficient (Wildman–Crippen LogP) is 1.47. The molecule has 0 saturated heterocycles. The van der Waals surface area contributed by atoms with E-state index in [0.717, 1.165) is 11.3 Å². The predicted molar refractivity (Wildman–Crippen MR) is 54.3 cm³/mol. The average Bonchev–Trinajstić information content (AvgIpc) is 2.71. The third kappa shape index (κ3) is 1.25. The monoisotopic (exact) mass is 186 g/mol. The van der Waals surface area contributed by atoms with Crippen LogP contribution in [0.2, 0.25) is 0 Å². The summed E-state index contributed by atoms with van der Waals surface area (Å²) < 4.78 is 1.94. The molecular formula is C10H10N4. The van der Waals surface area contributed by atoms with Crippen molar-refractivity contribution in [2.24, 2.45) is 7.05 Å². The van der Waals surface area contributed by atoms with Gasteiger partial charge < -0.3 is 15.3 Å². The molecule has 2 heterocycles. The molecule has 0 spiro atoms. The third-order valence-corrected chi connectivity index (χ3v) is 2.11. The first-order valence-electron chi connectivity index (χ1n) is 4.21. The van der Waals surface area contributed by atoms with E-state index in [1.165, 1.54) is 0 Å². The van der Waals surface area contributed by atoms with Gasteiger partial charge in [-0.15, -0.1) is 0 Å². The Kier molecular flexibility index (Phi) is 1.79. The van der Waals surface area contributed by atoms with Gasteiger partial charge in [-0.2, -0.15) is 5.26 Å². The SMILES string of the molecule is Cn1ccc(-c2cc(C#N)c(N)[nH]2)c1. The molecule has 70 valence electrons. The van der Waals surface area contributed by atoms with Gasteiger partial charge in [0.25, 0.3) is 0 Å². The van der Waals surface area contributed by atoms with E-state index < -0.39 is 0 Å². The van der Waals surface area contributed by atoms with Crippen LogP contribution in [-0.4, -0.2) is 9.55 Å². The maximum atomic E-state index is 8.73. The molecule has 2 aromatic rings. The number of aromatic amines is 1. The lowest BCUT2D eigenvalue weighted by Gasteiger charge is -1.90. The molecule has 0 bridgehead atoms. The Morgan fingerprint density at radius 2 is 2.36 bits per heavy atom. The highest BCUT2D eigenvalue weighted by Crippen LogP contribution is 2.22. The van der Waals surface area contributed by atoms with Crippen LogP contribution in [0.1, 0.15) is 5.56 Å². The molecule has 0 saturated carbocycles. The first kappa shape index (κ1) is 8.45. The molecule has 3 N–H and O–H groups in total. The van der Waals surface area contributed by atoms with Crippen molar-refractivity contribution in [3.63, 3.8) is 0 Å². The molecule has 0 unspecified atom stereocenters. The van der Waals surface area contributed by atoms with Gasteiger partial charge in [0.05, 0.1) is 5.56 Å². The van der Waals surface area contributed by atoms with Crippen LogP contribution >= 0.6 is 0 Å². The van der Waals surface area contributed by atoms with E-state index in [1.807, 2.05) is 36.1 Å². The zero-order valence-corrected chi connectivity index (χ0v) is 7.78. The Labute approximate surface area is 81.6 Å². The summed E-state index contributed by atoms with van der Waals surface area (Å²) in [6.45, 7) is 0. The molecule has 2 rings (SSSR count). The lowest BCUT2D eigenvalue weighted by atomic mass is 10.2. The summed E-state index contributed by atoms with van der Waals surface area (Å²) in [4.78, 5) is 2.97. The minimum absolute atomic E-state index is 0.423. The minimum Gasteiger partial charge on any atom is -0.384 e. The maximum absolute atomic E-state index is 8.73. The van der Waals surface area contributed by atoms with E-state index in [-0.39, 0.29) is 0 Å². The lowest BCUT2D eigenvalue weighted by Crippen LogP contribution is -1.86. The van der Waals surface area contributed by atoms with Crippen LogP contribution in [-0.2, 0) is 7.05 Å². The van der Waals surface area contributed by atoms with Crippen LogP contribution < -0.4 is 5.73 Å². The fraction of sp³-hybridized carbons (Fsp3) is 0.100. The minimum atomic E-state index is 0.423. The van der Waals surface area contributed by atoms with Gasteiger partial charge in [0.15, 0.2) is 0 Å². The number of hydrogen-bond donors (Lipinski definition) is 2. The highest BCUT2D eigenvalue weighted by Gasteiger charge is 2.06. The second kappa shape index (κ2) is 2.96. The Morgan fingerprint density at radius 1 is 1.57 bits per heavy atom. The van der Waals surface area contributed by atoms with E-state index in [4.69, 9.17) is 11.0 Å². The number of nitriles is 1. The van der Waals surface area contributed by atoms with E-state index >= 15 is 0 Å². The van der Waals surface area contributed by atoms with Crippen molar-refractivity contribution in [3.8, 4) is 17.3 Å². The van der Waals surface area contributed by atoms with Gasteiger partial charge in [0.1, 0.15) is 11.9 Å². The van der Waals surface area contributed by atoms with Gasteiger partial charge in [-0.05, 0) is 12.1 Å². The normalized spacial score (nSPS) is 10.0. The summed E-state index contributed by atoms with van der Waals surface area (Å²) in [5.41, 5.74) is 8.00. The number of nitrogen functional groups attached to an aromatic ring is 1. The molecule has 0 aliphatic rings. The molecule has 0 amide bonds. The zero-order chi connectivity index (χ0) is 10.1. The summed E-state index contributed by atoms with van der Waals surface area (Å²) in [6.07, 6.45) is 3.91. The molecule has 4 nitrogen and oxygen atoms in total. The maximum Gasteiger partial charge on any atom is 0.119 e. The van der Waals surface area contributed by atoms with Crippen LogP contribution in [0, 0.1) is 11.3 Å². The van der Waals surface area contributed by atoms with Crippen molar-refractivity contribution in [2.75, 3.05) is 5.73 Å². The van der Waals surface area contributed by atoms with Gasteiger partial charge in [-0.3, -0.25) is 0 Å². The molecular weight excluding hydrogens is 176 g/mol. The highest BCUT2D eigenvalue weighted by atomic mass is 14.9. The van der Waals surface area contributed by atoms with Crippen molar-refractivity contribution < 1.29 is 0 Å². The van der Waals surface area contributed by atoms with Gasteiger partial charge in [-0.1, -0.05) is 0 Å². The number of nitrogens with zero attached hydrogens (tertiary/aromatic N) is 2. The van der Waals surface area contributed by atoms with E-state index in [1.54, 1.807) is 6.07 Å². The molecule has 0 aromatic carbocycles. The topological polar surface area (TPSA) is 70.5 Å². The van der Waals surface area contributed by atoms with Crippen LogP contribution in [0.4, 0.5) is 5.82 Å². The summed E-state index contributed by atoms with van der Waals surface area (Å²) in [5, 5.41) is 8.73. The molecule has 0 radical (unpaired) electrons. The van der Waals surface area contributed by atoms with E-state index in [9.17, 15) is 0 Å². The van der Waals surface area contributed by atoms with Gasteiger partial charge >= 0.3 is 0 Å². The Morgan fingerprint density at radius 3 is 2.86 bits per heavy atom. The summed E-state index contributed by atoms with van der Waals surface area (Å²) in [6, 6.07) is 5.75. The van der Waals surface area contributed by atoms with Crippen LogP contribution in [0.5, 0.6) is 0 Å². The lowest BCUT2D eigenvalue weighted by molar-refractivity contribution is 0.928. The van der Waals surface area contributed by atoms with Crippen LogP contribution in [0.25, 0.3) is 11.3 Å². The summed E-state index contributed by atoms with van der Waals surface area (Å²) in [5.74, 6) is 0.423. The van der Waals surface area contributed by atoms with Crippen molar-refractivity contribution in [1.82, 2.24) is 9.55 Å². The van der Waals surface area contributed by atoms with Gasteiger partial charge in [0.2, 0.25) is 0 Å². The second-order valence-corrected chi connectivity index (χ2v) is 3.19. The van der Waals surface area contributed by atoms with Crippen LogP contribution in [0.3, 0.4) is 0 Å². The number of rotatable bonds is 1. The van der Waals surface area contributed by atoms with E-state index in [0.29, 0.717) is 11.4 Å². The van der Waals surface area contributed by atoms with Gasteiger partial charge in [-0.25, -0.2) is 0 Å². The van der Waals surface area contributed by atoms with Crippen molar-refractivity contribution in [3.05, 3.63) is 30.1 Å². The first-order valence-corrected chi connectivity index (χ1v) is 4.21. The number of nitrogens with two attached hydrogens (primary N) is 1. The molecule has 4 heteroatoms. The van der Waals surface area contributed by atoms with Crippen LogP contribution in [0.15, 0.2) is 24.5 Å². The molecule has 0 fully saturated rings. The van der Waals surface area contributed by atoms with Crippen molar-refractivity contribution in [1.29, 1.82) is 5.26 Å². The number of nitrogens with one attached hydrogen (secondary N) is 1. The fourth-order valence-electron chi connectivity index (χ4n) is 1.38. The molecule has 0 atom stereocenters. The standard InChI is InChI=1S/C10H10N4/c1-14-3-2-7(6-14)9-4-8(5-11)10(12)13-9/h2-4,6,13H,12H2,1H3. The second-order valence-electron chi connectivity index (χ2n) is 3.19. The molecule has 0 aliphatic heterocycles. The number of aromatic nitrogens is 2. The number of H-pyrrole nitrogens is 1. The molecule has 2 aromatic heterocycles. The first-order chi connectivity index (χ1) is 6.70. The Bertz CT molecular complexity index is 498. The number of hydrogen-bond acceptors (Lipinski definition) is 2. The zero-order valence-electron chi connectivity index (χ0n) is 7.78. The van der Waals surface area contributed by atoms with Gasteiger partial charge in [0, 0.05) is 30.7 Å². The third-order valence-electron chi connectivity index (χ3n) is 2.11. The summed E-state index contributed by atoms with van der Waals surface area (Å²) in [7, 11) is 1.95. The molecule has 0 aliphatic carbocycles. The molecule has 14 heavy (non-hydrogen) atoms. The number of aryl methyl sites for hydroxylation is 1. The summed E-state index contributed by atoms with van der Waals surface area (Å²) >= 11 is 0. The fourth-order valence-corrected chi connectivity index (χ4v) is 1.38. The Balaban J connectivity index is 2.48. The smallest absolute Gasteiger partial charge is 0.119 e. The quantitative estimate of drug-likeness (QED) is 0.708. The van der Waals surface area contributed by atoms with E-state index in [2.05, 4.69) is 4.98 Å².